The lowest BCUT2D eigenvalue weighted by molar-refractivity contribution is -0.137. The number of carbonyl (C=O) groups is 3. The number of carbonyl (C=O) groups excluding carboxylic acids is 3. The van der Waals surface area contributed by atoms with Crippen molar-refractivity contribution in [1.82, 2.24) is 24.8 Å². The molecule has 2 aromatic carbocycles. The molecule has 0 spiro atoms. The minimum absolute atomic E-state index is 0.117. The average molecular weight is 662 g/mol. The van der Waals surface area contributed by atoms with Gasteiger partial charge in [-0.1, -0.05) is 48.0 Å². The molecular formula is C26H21ClIN5O6. The van der Waals surface area contributed by atoms with Crippen LogP contribution in [0.15, 0.2) is 67.0 Å². The number of aromatic nitrogens is 4. The Kier molecular flexibility index (Phi) is 8.04. The fourth-order valence-corrected chi connectivity index (χ4v) is 5.00. The maximum atomic E-state index is 13.2. The van der Waals surface area contributed by atoms with Crippen LogP contribution in [0.1, 0.15) is 33.9 Å². The number of halogens is 2. The first kappa shape index (κ1) is 27.0. The molecule has 11 nitrogen and oxygen atoms in total. The molecule has 2 aromatic heterocycles. The van der Waals surface area contributed by atoms with Crippen LogP contribution < -0.4 is 5.32 Å². The second-order valence-electron chi connectivity index (χ2n) is 8.42. The van der Waals surface area contributed by atoms with Crippen LogP contribution in [0.4, 0.5) is 0 Å². The molecule has 0 saturated carbocycles. The quantitative estimate of drug-likeness (QED) is 0.137. The van der Waals surface area contributed by atoms with E-state index in [0.717, 1.165) is 0 Å². The monoisotopic (exact) mass is 661 g/mol. The van der Waals surface area contributed by atoms with Crippen molar-refractivity contribution in [3.05, 3.63) is 87.1 Å². The lowest BCUT2D eigenvalue weighted by Gasteiger charge is -2.24. The minimum Gasteiger partial charge on any atom is -0.451 e. The van der Waals surface area contributed by atoms with E-state index >= 15 is 0 Å². The van der Waals surface area contributed by atoms with Crippen molar-refractivity contribution in [1.29, 1.82) is 0 Å². The number of fused-ring (bicyclic) bond motifs is 1. The van der Waals surface area contributed by atoms with E-state index in [2.05, 4.69) is 20.3 Å². The van der Waals surface area contributed by atoms with Gasteiger partial charge in [0.15, 0.2) is 39.2 Å². The van der Waals surface area contributed by atoms with Gasteiger partial charge in [0.1, 0.15) is 5.52 Å². The van der Waals surface area contributed by atoms with E-state index in [9.17, 15) is 14.4 Å². The number of esters is 2. The summed E-state index contributed by atoms with van der Waals surface area (Å²) in [5, 5.41) is 2.81. The van der Waals surface area contributed by atoms with Crippen LogP contribution in [0, 0.1) is 3.83 Å². The van der Waals surface area contributed by atoms with Gasteiger partial charge in [-0.25, -0.2) is 24.5 Å². The Hall–Kier alpha value is -3.62. The Labute approximate surface area is 241 Å². The summed E-state index contributed by atoms with van der Waals surface area (Å²) in [7, 11) is 0. The Morgan fingerprint density at radius 3 is 2.15 bits per heavy atom. The lowest BCUT2D eigenvalue weighted by atomic mass is 10.1. The molecule has 1 amide bonds. The van der Waals surface area contributed by atoms with Gasteiger partial charge in [0, 0.05) is 29.1 Å². The third-order valence-electron chi connectivity index (χ3n) is 5.93. The standard InChI is InChI=1S/C26H21ClIN5O6/c1-2-29-22(34)18-17(38-24(35)14-9-5-3-6-10-14)19(39-25(36)15-11-7-4-8-12-15)23(37-18)33-13-30-16-20(27)31-26(28)32-21(16)33/h3-13,17-19,23H,2H2,1H3,(H,29,34). The zero-order valence-electron chi connectivity index (χ0n) is 20.4. The Balaban J connectivity index is 1.59. The van der Waals surface area contributed by atoms with Crippen LogP contribution in [-0.2, 0) is 19.0 Å². The van der Waals surface area contributed by atoms with E-state index in [1.807, 2.05) is 22.6 Å². The summed E-state index contributed by atoms with van der Waals surface area (Å²) in [5.41, 5.74) is 1.09. The first-order chi connectivity index (χ1) is 18.9. The molecule has 200 valence electrons. The number of likely N-dealkylation sites (N-methyl/N-ethyl adjacent to an activating group) is 1. The van der Waals surface area contributed by atoms with E-state index in [-0.39, 0.29) is 27.4 Å². The number of nitrogens with zero attached hydrogens (tertiary/aromatic N) is 4. The molecule has 1 fully saturated rings. The van der Waals surface area contributed by atoms with Crippen LogP contribution in [0.25, 0.3) is 11.2 Å². The second-order valence-corrected chi connectivity index (χ2v) is 9.74. The lowest BCUT2D eigenvalue weighted by Crippen LogP contribution is -2.46. The summed E-state index contributed by atoms with van der Waals surface area (Å²) < 4.78 is 19.7. The highest BCUT2D eigenvalue weighted by Crippen LogP contribution is 2.37. The van der Waals surface area contributed by atoms with Crippen LogP contribution in [-0.4, -0.2) is 62.2 Å². The first-order valence-corrected chi connectivity index (χ1v) is 13.3. The van der Waals surface area contributed by atoms with Crippen molar-refractivity contribution in [2.24, 2.45) is 0 Å². The normalized spacial score (nSPS) is 20.5. The molecule has 4 atom stereocenters. The summed E-state index contributed by atoms with van der Waals surface area (Å²) in [6.07, 6.45) is -3.64. The zero-order valence-corrected chi connectivity index (χ0v) is 23.3. The van der Waals surface area contributed by atoms with Gasteiger partial charge in [0.25, 0.3) is 5.91 Å². The molecule has 0 bridgehead atoms. The van der Waals surface area contributed by atoms with E-state index in [4.69, 9.17) is 25.8 Å². The van der Waals surface area contributed by atoms with Crippen LogP contribution in [0.5, 0.6) is 0 Å². The molecule has 4 unspecified atom stereocenters. The van der Waals surface area contributed by atoms with E-state index in [1.54, 1.807) is 67.6 Å². The number of amides is 1. The molecule has 13 heteroatoms. The first-order valence-electron chi connectivity index (χ1n) is 11.9. The number of benzene rings is 2. The minimum atomic E-state index is -1.31. The molecule has 1 N–H and O–H groups in total. The molecule has 0 aliphatic carbocycles. The van der Waals surface area contributed by atoms with Gasteiger partial charge in [-0.3, -0.25) is 9.36 Å². The highest BCUT2D eigenvalue weighted by Gasteiger charge is 2.54. The highest BCUT2D eigenvalue weighted by molar-refractivity contribution is 14.1. The molecule has 1 aliphatic heterocycles. The number of nitrogens with one attached hydrogen (secondary N) is 1. The van der Waals surface area contributed by atoms with Crippen molar-refractivity contribution in [2.75, 3.05) is 6.54 Å². The number of ether oxygens (including phenoxy) is 3. The largest absolute Gasteiger partial charge is 0.451 e. The van der Waals surface area contributed by atoms with Gasteiger partial charge in [0.05, 0.1) is 17.5 Å². The SMILES string of the molecule is CCNC(=O)C1OC(n2cnc3c(Cl)nc(I)nc32)C(OC(=O)c2ccccc2)C1OC(=O)c1ccccc1. The maximum absolute atomic E-state index is 13.2. The summed E-state index contributed by atoms with van der Waals surface area (Å²) >= 11 is 8.19. The number of rotatable bonds is 7. The molecule has 5 rings (SSSR count). The van der Waals surface area contributed by atoms with Gasteiger partial charge >= 0.3 is 11.9 Å². The molecule has 0 radical (unpaired) electrons. The molecule has 4 aromatic rings. The van der Waals surface area contributed by atoms with Gasteiger partial charge in [-0.2, -0.15) is 0 Å². The predicted molar refractivity (Wildman–Crippen MR) is 147 cm³/mol. The smallest absolute Gasteiger partial charge is 0.338 e. The summed E-state index contributed by atoms with van der Waals surface area (Å²) in [6.45, 7) is 2.04. The Morgan fingerprint density at radius 1 is 0.974 bits per heavy atom. The molecule has 1 saturated heterocycles. The van der Waals surface area contributed by atoms with Crippen LogP contribution in [0.2, 0.25) is 5.15 Å². The maximum Gasteiger partial charge on any atom is 0.338 e. The zero-order chi connectivity index (χ0) is 27.5. The molecule has 3 heterocycles. The summed E-state index contributed by atoms with van der Waals surface area (Å²) in [6, 6.07) is 16.6. The Bertz CT molecular complexity index is 1520. The fourth-order valence-electron chi connectivity index (χ4n) is 4.18. The van der Waals surface area contributed by atoms with Gasteiger partial charge in [-0.15, -0.1) is 0 Å². The third kappa shape index (κ3) is 5.58. The molecular weight excluding hydrogens is 641 g/mol. The topological polar surface area (TPSA) is 135 Å². The fraction of sp³-hybridized carbons (Fsp3) is 0.231. The summed E-state index contributed by atoms with van der Waals surface area (Å²) in [5.74, 6) is -1.95. The van der Waals surface area contributed by atoms with Gasteiger partial charge < -0.3 is 19.5 Å². The van der Waals surface area contributed by atoms with Crippen molar-refractivity contribution in [3.8, 4) is 0 Å². The number of hydrogen-bond acceptors (Lipinski definition) is 9. The third-order valence-corrected chi connectivity index (χ3v) is 6.68. The van der Waals surface area contributed by atoms with Crippen molar-refractivity contribution in [3.63, 3.8) is 0 Å². The van der Waals surface area contributed by atoms with Crippen LogP contribution >= 0.6 is 34.2 Å². The summed E-state index contributed by atoms with van der Waals surface area (Å²) in [4.78, 5) is 52.2. The predicted octanol–water partition coefficient (Wildman–Crippen LogP) is 3.57. The van der Waals surface area contributed by atoms with Crippen molar-refractivity contribution in [2.45, 2.75) is 31.5 Å². The second kappa shape index (κ2) is 11.6. The molecule has 1 aliphatic rings. The van der Waals surface area contributed by atoms with Gasteiger partial charge in [-0.05, 0) is 31.2 Å². The van der Waals surface area contributed by atoms with Crippen molar-refractivity contribution < 1.29 is 28.6 Å². The average Bonchev–Trinajstić information content (AvgIpc) is 3.51. The molecule has 39 heavy (non-hydrogen) atoms. The van der Waals surface area contributed by atoms with E-state index < -0.39 is 42.4 Å². The number of imidazole rings is 1. The Morgan fingerprint density at radius 2 is 1.56 bits per heavy atom. The van der Waals surface area contributed by atoms with Gasteiger partial charge in [0.2, 0.25) is 0 Å². The van der Waals surface area contributed by atoms with E-state index in [1.165, 1.54) is 10.9 Å². The number of hydrogen-bond donors (Lipinski definition) is 1. The van der Waals surface area contributed by atoms with Crippen molar-refractivity contribution >= 4 is 63.2 Å². The van der Waals surface area contributed by atoms with E-state index in [0.29, 0.717) is 10.4 Å². The highest BCUT2D eigenvalue weighted by atomic mass is 127. The van der Waals surface area contributed by atoms with Crippen LogP contribution in [0.3, 0.4) is 0 Å².